The molecule has 684 valence electrons. The number of benzene rings is 24. The van der Waals surface area contributed by atoms with Gasteiger partial charge in [-0.25, -0.2) is 0 Å². The van der Waals surface area contributed by atoms with Crippen LogP contribution < -0.4 is 0 Å². The molecule has 33 rings (SSSR count). The van der Waals surface area contributed by atoms with Crippen LogP contribution in [0, 0.1) is 0 Å². The van der Waals surface area contributed by atoms with Gasteiger partial charge in [-0.1, -0.05) is 394 Å². The van der Waals surface area contributed by atoms with Gasteiger partial charge in [-0.3, -0.25) is 0 Å². The van der Waals surface area contributed by atoms with E-state index in [0.717, 1.165) is 50.6 Å². The first-order chi connectivity index (χ1) is 72.9. The maximum absolute atomic E-state index is 6.71. The molecule has 0 fully saturated rings. The average Bonchev–Trinajstić information content (AvgIpc) is 1.55. The van der Waals surface area contributed by atoms with Gasteiger partial charge in [0, 0.05) is 78.3 Å². The molecule has 0 saturated heterocycles. The molecule has 24 aromatic carbocycles. The van der Waals surface area contributed by atoms with Crippen molar-refractivity contribution in [2.75, 3.05) is 0 Å². The van der Waals surface area contributed by atoms with Crippen LogP contribution in [0.15, 0.2) is 518 Å². The molecule has 0 aliphatic heterocycles. The predicted molar refractivity (Wildman–Crippen MR) is 611 cm³/mol. The number of para-hydroxylation sites is 4. The zero-order chi connectivity index (χ0) is 96.2. The quantitative estimate of drug-likeness (QED) is 0.144. The topological polar surface area (TPSA) is 36.1 Å². The molecule has 0 amide bonds. The Morgan fingerprint density at radius 3 is 1.22 bits per heavy atom. The van der Waals surface area contributed by atoms with Gasteiger partial charge in [-0.2, -0.15) is 0 Å². The highest BCUT2D eigenvalue weighted by Crippen LogP contribution is 2.59. The molecule has 4 nitrogen and oxygen atoms in total. The molecule has 0 radical (unpaired) electrons. The van der Waals surface area contributed by atoms with Crippen LogP contribution in [0.4, 0.5) is 0 Å². The fourth-order valence-corrected chi connectivity index (χ4v) is 26.1. The van der Waals surface area contributed by atoms with E-state index in [2.05, 4.69) is 513 Å². The zero-order valence-corrected chi connectivity index (χ0v) is 80.2. The van der Waals surface area contributed by atoms with Crippen molar-refractivity contribution in [3.8, 4) is 100 Å². The molecule has 0 saturated carbocycles. The second-order valence-electron chi connectivity index (χ2n) is 40.5. The van der Waals surface area contributed by atoms with Crippen molar-refractivity contribution < 1.29 is 8.83 Å². The lowest BCUT2D eigenvalue weighted by molar-refractivity contribution is 0.662. The number of hydrogen-bond donors (Lipinski definition) is 0. The van der Waals surface area contributed by atoms with Crippen LogP contribution >= 0.6 is 0 Å². The van der Waals surface area contributed by atoms with E-state index in [4.69, 9.17) is 8.83 Å². The van der Waals surface area contributed by atoms with Gasteiger partial charge in [0.05, 0.1) is 27.5 Å². The Morgan fingerprint density at radius 1 is 0.184 bits per heavy atom. The summed E-state index contributed by atoms with van der Waals surface area (Å²) in [7, 11) is 0. The van der Waals surface area contributed by atoms with Gasteiger partial charge in [0.25, 0.3) is 0 Å². The molecule has 4 heteroatoms. The summed E-state index contributed by atoms with van der Waals surface area (Å²) in [5.74, 6) is 0.785. The lowest BCUT2D eigenvalue weighted by Gasteiger charge is -2.17. The highest BCUT2D eigenvalue weighted by atomic mass is 16.3. The maximum Gasteiger partial charge on any atom is 0.140 e. The molecule has 147 heavy (non-hydrogen) atoms. The van der Waals surface area contributed by atoms with Crippen LogP contribution in [-0.2, 0) is 6.42 Å². The Morgan fingerprint density at radius 2 is 0.605 bits per heavy atom. The van der Waals surface area contributed by atoms with Crippen LogP contribution in [0.25, 0.3) is 220 Å². The third-order valence-electron chi connectivity index (χ3n) is 32.7. The summed E-state index contributed by atoms with van der Waals surface area (Å²) in [6.07, 6.45) is 1.01. The fourth-order valence-electron chi connectivity index (χ4n) is 26.1. The van der Waals surface area contributed by atoms with Crippen molar-refractivity contribution in [3.05, 3.63) is 587 Å². The summed E-state index contributed by atoms with van der Waals surface area (Å²) in [4.78, 5) is 0. The Hall–Kier alpha value is -18.7. The normalized spacial score (nSPS) is 14.6. The lowest BCUT2D eigenvalue weighted by Crippen LogP contribution is -2.00. The van der Waals surface area contributed by atoms with Gasteiger partial charge in [0.15, 0.2) is 0 Å². The Labute approximate surface area is 849 Å². The van der Waals surface area contributed by atoms with E-state index in [9.17, 15) is 0 Å². The number of furan rings is 2. The molecular weight excluding hydrogens is 1780 g/mol. The maximum atomic E-state index is 6.71. The van der Waals surface area contributed by atoms with Crippen LogP contribution in [0.1, 0.15) is 102 Å². The third kappa shape index (κ3) is 13.0. The van der Waals surface area contributed by atoms with Crippen molar-refractivity contribution in [2.24, 2.45) is 0 Å². The van der Waals surface area contributed by atoms with Gasteiger partial charge in [-0.15, -0.1) is 0 Å². The van der Waals surface area contributed by atoms with E-state index in [-0.39, 0.29) is 23.7 Å². The number of rotatable bonds is 9. The van der Waals surface area contributed by atoms with E-state index in [1.807, 2.05) is 6.07 Å². The molecule has 0 N–H and O–H groups in total. The Kier molecular flexibility index (Phi) is 18.6. The summed E-state index contributed by atoms with van der Waals surface area (Å²) in [6.45, 7) is 0. The zero-order valence-electron chi connectivity index (χ0n) is 80.2. The lowest BCUT2D eigenvalue weighted by atomic mass is 9.86. The van der Waals surface area contributed by atoms with Crippen molar-refractivity contribution in [1.82, 2.24) is 9.13 Å². The largest absolute Gasteiger partial charge is 0.456 e. The van der Waals surface area contributed by atoms with Gasteiger partial charge in [0.2, 0.25) is 0 Å². The van der Waals surface area contributed by atoms with Crippen LogP contribution in [0.3, 0.4) is 0 Å². The molecule has 28 aromatic rings. The first-order valence-corrected chi connectivity index (χ1v) is 51.4. The van der Waals surface area contributed by atoms with Crippen molar-refractivity contribution >= 4 is 120 Å². The number of aromatic nitrogens is 2. The third-order valence-corrected chi connectivity index (χ3v) is 32.7. The highest BCUT2D eigenvalue weighted by Gasteiger charge is 2.39. The highest BCUT2D eigenvalue weighted by molar-refractivity contribution is 6.25. The predicted octanol–water partition coefficient (Wildman–Crippen LogP) is 37.7. The fraction of sp³-hybridized carbons (Fsp3) is 0.0350. The molecule has 0 bridgehead atoms. The minimum atomic E-state index is 0.0687. The Bertz CT molecular complexity index is 10400. The van der Waals surface area contributed by atoms with Gasteiger partial charge in [-0.05, 0) is 315 Å². The average molecular weight is 1870 g/mol. The summed E-state index contributed by atoms with van der Waals surface area (Å²) in [6, 6.07) is 188. The summed E-state index contributed by atoms with van der Waals surface area (Å²) in [5.41, 5.74) is 50.9. The molecule has 0 spiro atoms. The molecule has 4 heterocycles. The molecule has 4 aromatic heterocycles. The van der Waals surface area contributed by atoms with Gasteiger partial charge >= 0.3 is 0 Å². The molecule has 4 atom stereocenters. The first-order valence-electron chi connectivity index (χ1n) is 51.4. The van der Waals surface area contributed by atoms with Gasteiger partial charge in [0.1, 0.15) is 22.3 Å². The standard InChI is InChI=1S/C49H32.2C47H29NO/c1-2-11-31(12-3-1)48-40-17-9-8-16-39(40)44-26-33(20-22-41(44)48)34-21-23-42-45(27-34)46-29-43-37(25-35-14-6-7-15-38(35)43)28-47(46)49(42)36-19-18-30-10-4-5-13-32(30)24-36;1-2-12-34(13-3-1)48-42-16-8-6-14-35(42)41-28-32(21-25-43(41)48)31-20-22-37-40(27-31)38-23-24-39-36-15-7-9-17-44(36)49-47(39)46(38)45(37)33-19-18-29-10-4-5-11-30(29)26-33;1-2-11-30(12-3-1)45-36-15-7-6-14-35(36)40-27-32(19-22-37(40)45)33-20-24-42-41(28-33)38-23-25-44-46(39-16-8-9-17-43(39)49-44)47(38)48(42)34-21-18-29-10-4-5-13-31(29)26-34/h1-24,26-29,48-49H,25H2;2*1-28,45H. The van der Waals surface area contributed by atoms with E-state index in [1.54, 1.807) is 0 Å². The minimum absolute atomic E-state index is 0.0687. The molecular formula is C143H90N2O2. The molecule has 5 aliphatic carbocycles. The summed E-state index contributed by atoms with van der Waals surface area (Å²) >= 11 is 0. The summed E-state index contributed by atoms with van der Waals surface area (Å²) in [5, 5.41) is 17.2. The van der Waals surface area contributed by atoms with Gasteiger partial charge < -0.3 is 18.0 Å². The second kappa shape index (κ2) is 32.9. The minimum Gasteiger partial charge on any atom is -0.456 e. The van der Waals surface area contributed by atoms with Crippen molar-refractivity contribution in [1.29, 1.82) is 0 Å². The van der Waals surface area contributed by atoms with Crippen molar-refractivity contribution in [2.45, 2.75) is 30.1 Å². The van der Waals surface area contributed by atoms with Crippen molar-refractivity contribution in [3.63, 3.8) is 0 Å². The Balaban J connectivity index is 0.0000000999. The van der Waals surface area contributed by atoms with E-state index < -0.39 is 0 Å². The van der Waals surface area contributed by atoms with Crippen LogP contribution in [0.2, 0.25) is 0 Å². The van der Waals surface area contributed by atoms with E-state index in [0.29, 0.717) is 0 Å². The number of fused-ring (bicyclic) bond motifs is 32. The number of hydrogen-bond acceptors (Lipinski definition) is 2. The molecule has 5 aliphatic rings. The summed E-state index contributed by atoms with van der Waals surface area (Å²) < 4.78 is 17.9. The van der Waals surface area contributed by atoms with E-state index in [1.165, 1.54) is 254 Å². The first kappa shape index (κ1) is 82.9. The second-order valence-corrected chi connectivity index (χ2v) is 40.5. The molecule has 4 unspecified atom stereocenters. The number of nitrogens with zero attached hydrogens (tertiary/aromatic N) is 2. The van der Waals surface area contributed by atoms with Crippen LogP contribution in [-0.4, -0.2) is 9.13 Å². The van der Waals surface area contributed by atoms with Crippen LogP contribution in [0.5, 0.6) is 0 Å². The smallest absolute Gasteiger partial charge is 0.140 e. The monoisotopic (exact) mass is 1870 g/mol. The SMILES string of the molecule is c1ccc(-n2c3ccccc3c3cc(-c4ccc5c(c4)-c4ccc6c(oc7ccccc76)c4C5c4ccc5ccccc5c4)ccc32)cc1.c1ccc(C2c3ccccc3-c3cc(-c4ccc5c(c4)-c4cc6c(cc4C5c4ccc5ccccc5c4)Cc4ccccc4-6)ccc32)cc1.c1ccc(C2c3ccccc3-c3cc(-c4ccc5c(c4)c4ccc6oc7ccccc7c6c4n5-c4ccc5ccccc5c4)ccc32)cc1. The van der Waals surface area contributed by atoms with E-state index >= 15 is 0 Å².